The summed E-state index contributed by atoms with van der Waals surface area (Å²) in [6.07, 6.45) is 12.4. The lowest BCUT2D eigenvalue weighted by molar-refractivity contribution is 0.0890. The fourth-order valence-electron chi connectivity index (χ4n) is 4.46. The minimum Gasteiger partial charge on any atom is -0.351 e. The minimum absolute atomic E-state index is 0.117. The molecule has 1 aliphatic carbocycles. The molecule has 1 aliphatic heterocycles. The molecule has 2 aromatic rings. The first-order valence-corrected chi connectivity index (χ1v) is 11.0. The van der Waals surface area contributed by atoms with Crippen LogP contribution >= 0.6 is 0 Å². The standard InChI is InChI=1S/C24H31N3O2/c28-24(25-21-13-5-2-6-14-21)23-17-22(26-29-23)20-12-8-16-27(18-20)15-7-11-19-9-3-1-4-10-19/h1,3-4,7,9-11,17,20-21H,2,5-6,8,12-16,18H2,(H,25,28)/b11-7+/t20-/m0/s1. The van der Waals surface area contributed by atoms with Crippen LogP contribution in [0.4, 0.5) is 0 Å². The van der Waals surface area contributed by atoms with E-state index < -0.39 is 0 Å². The van der Waals surface area contributed by atoms with Crippen LogP contribution in [0.1, 0.15) is 72.7 Å². The van der Waals surface area contributed by atoms with Crippen LogP contribution in [0, 0.1) is 0 Å². The van der Waals surface area contributed by atoms with Crippen LogP contribution in [-0.2, 0) is 0 Å². The number of hydrogen-bond donors (Lipinski definition) is 1. The highest BCUT2D eigenvalue weighted by Gasteiger charge is 2.26. The molecule has 4 rings (SSSR count). The lowest BCUT2D eigenvalue weighted by Crippen LogP contribution is -2.36. The van der Waals surface area contributed by atoms with Gasteiger partial charge in [-0.1, -0.05) is 66.9 Å². The summed E-state index contributed by atoms with van der Waals surface area (Å²) in [7, 11) is 0. The SMILES string of the molecule is O=C(NC1CCCCC1)c1cc([C@H]2CCCN(C/C=C/c3ccccc3)C2)no1. The second-order valence-corrected chi connectivity index (χ2v) is 8.34. The third-order valence-corrected chi connectivity index (χ3v) is 6.09. The number of likely N-dealkylation sites (tertiary alicyclic amines) is 1. The van der Waals surface area contributed by atoms with E-state index in [1.807, 2.05) is 12.1 Å². The molecule has 0 bridgehead atoms. The molecule has 1 amide bonds. The molecular formula is C24H31N3O2. The summed E-state index contributed by atoms with van der Waals surface area (Å²) in [5, 5.41) is 7.35. The van der Waals surface area contributed by atoms with E-state index in [0.717, 1.165) is 51.0 Å². The summed E-state index contributed by atoms with van der Waals surface area (Å²) in [5.41, 5.74) is 2.14. The van der Waals surface area contributed by atoms with Gasteiger partial charge in [0.25, 0.3) is 5.91 Å². The van der Waals surface area contributed by atoms with Crippen molar-refractivity contribution in [2.24, 2.45) is 0 Å². The quantitative estimate of drug-likeness (QED) is 0.777. The zero-order chi connectivity index (χ0) is 19.9. The predicted octanol–water partition coefficient (Wildman–Crippen LogP) is 4.63. The molecule has 1 aromatic carbocycles. The van der Waals surface area contributed by atoms with Gasteiger partial charge in [0.15, 0.2) is 0 Å². The number of piperidine rings is 1. The number of carbonyl (C=O) groups excluding carboxylic acids is 1. The van der Waals surface area contributed by atoms with E-state index in [4.69, 9.17) is 4.52 Å². The minimum atomic E-state index is -0.117. The molecule has 1 aromatic heterocycles. The van der Waals surface area contributed by atoms with Gasteiger partial charge in [-0.25, -0.2) is 0 Å². The van der Waals surface area contributed by atoms with Gasteiger partial charge in [0, 0.05) is 31.1 Å². The zero-order valence-electron chi connectivity index (χ0n) is 17.1. The van der Waals surface area contributed by atoms with Crippen molar-refractivity contribution in [2.45, 2.75) is 56.9 Å². The number of nitrogens with one attached hydrogen (secondary N) is 1. The molecule has 0 radical (unpaired) electrons. The van der Waals surface area contributed by atoms with Crippen LogP contribution in [0.3, 0.4) is 0 Å². The number of nitrogens with zero attached hydrogens (tertiary/aromatic N) is 2. The van der Waals surface area contributed by atoms with Crippen molar-refractivity contribution in [3.63, 3.8) is 0 Å². The summed E-state index contributed by atoms with van der Waals surface area (Å²) < 4.78 is 5.40. The molecule has 154 valence electrons. The van der Waals surface area contributed by atoms with Crippen molar-refractivity contribution in [1.82, 2.24) is 15.4 Å². The molecule has 0 spiro atoms. The summed E-state index contributed by atoms with van der Waals surface area (Å²) in [6.45, 7) is 2.98. The van der Waals surface area contributed by atoms with Gasteiger partial charge < -0.3 is 9.84 Å². The Hall–Kier alpha value is -2.40. The van der Waals surface area contributed by atoms with E-state index in [1.165, 1.54) is 24.8 Å². The summed E-state index contributed by atoms with van der Waals surface area (Å²) in [6, 6.07) is 12.5. The van der Waals surface area contributed by atoms with Crippen molar-refractivity contribution in [3.8, 4) is 0 Å². The average Bonchev–Trinajstić information content (AvgIpc) is 3.26. The van der Waals surface area contributed by atoms with Gasteiger partial charge >= 0.3 is 0 Å². The third-order valence-electron chi connectivity index (χ3n) is 6.09. The van der Waals surface area contributed by atoms with Crippen LogP contribution in [0.15, 0.2) is 47.0 Å². The van der Waals surface area contributed by atoms with Gasteiger partial charge in [-0.05, 0) is 37.8 Å². The third kappa shape index (κ3) is 5.57. The van der Waals surface area contributed by atoms with E-state index in [0.29, 0.717) is 11.7 Å². The van der Waals surface area contributed by atoms with E-state index in [9.17, 15) is 4.79 Å². The van der Waals surface area contributed by atoms with Gasteiger partial charge in [-0.3, -0.25) is 9.69 Å². The largest absolute Gasteiger partial charge is 0.351 e. The van der Waals surface area contributed by atoms with E-state index >= 15 is 0 Å². The second-order valence-electron chi connectivity index (χ2n) is 8.34. The highest BCUT2D eigenvalue weighted by molar-refractivity contribution is 5.91. The molecule has 1 saturated carbocycles. The number of rotatable bonds is 6. The highest BCUT2D eigenvalue weighted by atomic mass is 16.5. The Balaban J connectivity index is 1.30. The first kappa shape index (κ1) is 19.9. The molecule has 2 heterocycles. The molecule has 5 heteroatoms. The van der Waals surface area contributed by atoms with Crippen molar-refractivity contribution < 1.29 is 9.32 Å². The van der Waals surface area contributed by atoms with Gasteiger partial charge in [-0.2, -0.15) is 0 Å². The Morgan fingerprint density at radius 2 is 1.97 bits per heavy atom. The maximum absolute atomic E-state index is 12.5. The monoisotopic (exact) mass is 393 g/mol. The highest BCUT2D eigenvalue weighted by Crippen LogP contribution is 2.27. The number of benzene rings is 1. The molecule has 29 heavy (non-hydrogen) atoms. The molecule has 0 unspecified atom stereocenters. The topological polar surface area (TPSA) is 58.4 Å². The Bertz CT molecular complexity index is 809. The molecule has 2 aliphatic rings. The number of carbonyl (C=O) groups is 1. The normalized spacial score (nSPS) is 21.4. The van der Waals surface area contributed by atoms with E-state index in [1.54, 1.807) is 0 Å². The average molecular weight is 394 g/mol. The zero-order valence-corrected chi connectivity index (χ0v) is 17.1. The summed E-state index contributed by atoms with van der Waals surface area (Å²) in [5.74, 6) is 0.564. The number of aromatic nitrogens is 1. The Morgan fingerprint density at radius 3 is 2.79 bits per heavy atom. The van der Waals surface area contributed by atoms with Crippen LogP contribution in [0.2, 0.25) is 0 Å². The smallest absolute Gasteiger partial charge is 0.290 e. The van der Waals surface area contributed by atoms with Gasteiger partial charge in [-0.15, -0.1) is 0 Å². The molecule has 1 atom stereocenters. The maximum Gasteiger partial charge on any atom is 0.290 e. The number of hydrogen-bond acceptors (Lipinski definition) is 4. The summed E-state index contributed by atoms with van der Waals surface area (Å²) in [4.78, 5) is 14.9. The first-order valence-electron chi connectivity index (χ1n) is 11.0. The van der Waals surface area contributed by atoms with Crippen molar-refractivity contribution in [1.29, 1.82) is 0 Å². The van der Waals surface area contributed by atoms with Crippen molar-refractivity contribution in [3.05, 3.63) is 59.5 Å². The van der Waals surface area contributed by atoms with Crippen LogP contribution < -0.4 is 5.32 Å². The summed E-state index contributed by atoms with van der Waals surface area (Å²) >= 11 is 0. The number of amides is 1. The fourth-order valence-corrected chi connectivity index (χ4v) is 4.46. The lowest BCUT2D eigenvalue weighted by Gasteiger charge is -2.30. The molecule has 1 saturated heterocycles. The predicted molar refractivity (Wildman–Crippen MR) is 115 cm³/mol. The molecular weight excluding hydrogens is 362 g/mol. The van der Waals surface area contributed by atoms with E-state index in [-0.39, 0.29) is 11.9 Å². The van der Waals surface area contributed by atoms with Gasteiger partial charge in [0.2, 0.25) is 5.76 Å². The Morgan fingerprint density at radius 1 is 1.14 bits per heavy atom. The lowest BCUT2D eigenvalue weighted by atomic mass is 9.94. The fraction of sp³-hybridized carbons (Fsp3) is 0.500. The van der Waals surface area contributed by atoms with Crippen LogP contribution in [0.5, 0.6) is 0 Å². The first-order chi connectivity index (χ1) is 14.3. The van der Waals surface area contributed by atoms with E-state index in [2.05, 4.69) is 51.8 Å². The van der Waals surface area contributed by atoms with Gasteiger partial charge in [0.1, 0.15) is 0 Å². The Labute approximate surface area is 173 Å². The van der Waals surface area contributed by atoms with Crippen molar-refractivity contribution in [2.75, 3.05) is 19.6 Å². The maximum atomic E-state index is 12.5. The van der Waals surface area contributed by atoms with Gasteiger partial charge in [0.05, 0.1) is 5.69 Å². The molecule has 5 nitrogen and oxygen atoms in total. The molecule has 2 fully saturated rings. The van der Waals surface area contributed by atoms with Crippen molar-refractivity contribution >= 4 is 12.0 Å². The second kappa shape index (κ2) is 9.88. The van der Waals surface area contributed by atoms with Crippen LogP contribution in [-0.4, -0.2) is 41.6 Å². The van der Waals surface area contributed by atoms with Crippen LogP contribution in [0.25, 0.3) is 6.08 Å². The molecule has 1 N–H and O–H groups in total. The Kier molecular flexibility index (Phi) is 6.78.